The Bertz CT molecular complexity index is 454. The Hall–Kier alpha value is -0.430. The van der Waals surface area contributed by atoms with Crippen molar-refractivity contribution in [2.75, 3.05) is 14.1 Å². The van der Waals surface area contributed by atoms with Crippen molar-refractivity contribution in [1.29, 1.82) is 0 Å². The second-order valence-electron chi connectivity index (χ2n) is 4.08. The molecule has 1 N–H and O–H groups in total. The minimum absolute atomic E-state index is 0.0230. The molecule has 1 aromatic rings. The summed E-state index contributed by atoms with van der Waals surface area (Å²) >= 11 is 1.28. The van der Waals surface area contributed by atoms with Crippen molar-refractivity contribution >= 4 is 21.4 Å². The van der Waals surface area contributed by atoms with E-state index in [1.54, 1.807) is 13.1 Å². The summed E-state index contributed by atoms with van der Waals surface area (Å²) in [6, 6.07) is 1.77. The molecule has 0 aliphatic heterocycles. The lowest BCUT2D eigenvalue weighted by Crippen LogP contribution is -2.34. The fourth-order valence-electron chi connectivity index (χ4n) is 1.42. The first-order chi connectivity index (χ1) is 7.93. The van der Waals surface area contributed by atoms with Gasteiger partial charge in [-0.2, -0.15) is 4.31 Å². The van der Waals surface area contributed by atoms with Crippen molar-refractivity contribution in [3.63, 3.8) is 0 Å². The molecule has 1 atom stereocenters. The maximum absolute atomic E-state index is 12.3. The lowest BCUT2D eigenvalue weighted by molar-refractivity contribution is 0.381. The molecule has 1 aromatic heterocycles. The van der Waals surface area contributed by atoms with Gasteiger partial charge in [0.1, 0.15) is 4.21 Å². The first-order valence-corrected chi connectivity index (χ1v) is 7.95. The van der Waals surface area contributed by atoms with E-state index < -0.39 is 10.0 Å². The lowest BCUT2D eigenvalue weighted by atomic mass is 10.3. The second kappa shape index (κ2) is 5.95. The standard InChI is InChI=1S/C11H20N2O2S2/c1-5-9(2)13(4)17(14,15)11-6-10(7-12-3)8-16-11/h6,8-9,12H,5,7H2,1-4H3. The Morgan fingerprint density at radius 1 is 1.53 bits per heavy atom. The van der Waals surface area contributed by atoms with Gasteiger partial charge in [0.2, 0.25) is 0 Å². The smallest absolute Gasteiger partial charge is 0.252 e. The van der Waals surface area contributed by atoms with Crippen molar-refractivity contribution in [3.05, 3.63) is 17.0 Å². The van der Waals surface area contributed by atoms with Crippen LogP contribution >= 0.6 is 11.3 Å². The minimum atomic E-state index is -3.32. The number of nitrogens with zero attached hydrogens (tertiary/aromatic N) is 1. The van der Waals surface area contributed by atoms with Crippen LogP contribution in [0.2, 0.25) is 0 Å². The van der Waals surface area contributed by atoms with E-state index in [2.05, 4.69) is 5.32 Å². The predicted molar refractivity (Wildman–Crippen MR) is 71.8 cm³/mol. The van der Waals surface area contributed by atoms with Crippen LogP contribution in [0.15, 0.2) is 15.7 Å². The molecule has 1 unspecified atom stereocenters. The number of hydrogen-bond acceptors (Lipinski definition) is 4. The summed E-state index contributed by atoms with van der Waals surface area (Å²) in [6.45, 7) is 4.59. The van der Waals surface area contributed by atoms with Crippen LogP contribution in [0.25, 0.3) is 0 Å². The third-order valence-electron chi connectivity index (χ3n) is 2.86. The molecule has 17 heavy (non-hydrogen) atoms. The molecule has 0 aromatic carbocycles. The zero-order valence-electron chi connectivity index (χ0n) is 10.7. The molecule has 98 valence electrons. The molecule has 0 saturated heterocycles. The molecule has 0 radical (unpaired) electrons. The van der Waals surface area contributed by atoms with Crippen molar-refractivity contribution in [3.8, 4) is 0 Å². The average molecular weight is 276 g/mol. The van der Waals surface area contributed by atoms with E-state index in [0.717, 1.165) is 12.0 Å². The number of hydrogen-bond donors (Lipinski definition) is 1. The Kier molecular flexibility index (Phi) is 5.12. The average Bonchev–Trinajstić information content (AvgIpc) is 2.76. The summed E-state index contributed by atoms with van der Waals surface area (Å²) in [7, 11) is 0.160. The van der Waals surface area contributed by atoms with Crippen LogP contribution in [-0.2, 0) is 16.6 Å². The molecule has 1 heterocycles. The first-order valence-electron chi connectivity index (χ1n) is 5.63. The monoisotopic (exact) mass is 276 g/mol. The highest BCUT2D eigenvalue weighted by Crippen LogP contribution is 2.24. The summed E-state index contributed by atoms with van der Waals surface area (Å²) < 4.78 is 26.4. The Morgan fingerprint density at radius 3 is 2.71 bits per heavy atom. The van der Waals surface area contributed by atoms with Crippen LogP contribution in [0.1, 0.15) is 25.8 Å². The third-order valence-corrected chi connectivity index (χ3v) is 6.29. The normalized spacial score (nSPS) is 14.2. The highest BCUT2D eigenvalue weighted by atomic mass is 32.2. The summed E-state index contributed by atoms with van der Waals surface area (Å²) in [5.41, 5.74) is 1.01. The van der Waals surface area contributed by atoms with E-state index in [1.165, 1.54) is 15.6 Å². The summed E-state index contributed by atoms with van der Waals surface area (Å²) in [6.07, 6.45) is 0.810. The van der Waals surface area contributed by atoms with Gasteiger partial charge >= 0.3 is 0 Å². The fraction of sp³-hybridized carbons (Fsp3) is 0.636. The van der Waals surface area contributed by atoms with Gasteiger partial charge in [-0.3, -0.25) is 0 Å². The van der Waals surface area contributed by atoms with Crippen molar-refractivity contribution in [1.82, 2.24) is 9.62 Å². The van der Waals surface area contributed by atoms with Gasteiger partial charge in [0.25, 0.3) is 10.0 Å². The maximum atomic E-state index is 12.3. The van der Waals surface area contributed by atoms with Gasteiger partial charge in [0.05, 0.1) is 0 Å². The maximum Gasteiger partial charge on any atom is 0.252 e. The Balaban J connectivity index is 2.96. The highest BCUT2D eigenvalue weighted by molar-refractivity contribution is 7.91. The molecule has 0 saturated carbocycles. The zero-order chi connectivity index (χ0) is 13.1. The van der Waals surface area contributed by atoms with Crippen LogP contribution < -0.4 is 5.32 Å². The molecule has 0 bridgehead atoms. The molecular formula is C11H20N2O2S2. The van der Waals surface area contributed by atoms with Crippen LogP contribution in [0, 0.1) is 0 Å². The Labute approximate surface area is 108 Å². The molecule has 0 amide bonds. The van der Waals surface area contributed by atoms with Gasteiger partial charge in [-0.25, -0.2) is 8.42 Å². The predicted octanol–water partition coefficient (Wildman–Crippen LogP) is 1.89. The van der Waals surface area contributed by atoms with Gasteiger partial charge in [-0.1, -0.05) is 6.92 Å². The minimum Gasteiger partial charge on any atom is -0.316 e. The van der Waals surface area contributed by atoms with E-state index in [1.807, 2.05) is 26.3 Å². The zero-order valence-corrected chi connectivity index (χ0v) is 12.4. The van der Waals surface area contributed by atoms with Crippen molar-refractivity contribution in [2.24, 2.45) is 0 Å². The lowest BCUT2D eigenvalue weighted by Gasteiger charge is -2.22. The van der Waals surface area contributed by atoms with E-state index in [0.29, 0.717) is 10.8 Å². The number of rotatable bonds is 6. The number of thiophene rings is 1. The van der Waals surface area contributed by atoms with E-state index in [4.69, 9.17) is 0 Å². The van der Waals surface area contributed by atoms with Gasteiger partial charge < -0.3 is 5.32 Å². The molecule has 1 rings (SSSR count). The fourth-order valence-corrected chi connectivity index (χ4v) is 4.25. The van der Waals surface area contributed by atoms with Gasteiger partial charge in [-0.15, -0.1) is 11.3 Å². The van der Waals surface area contributed by atoms with Gasteiger partial charge in [-0.05, 0) is 37.4 Å². The Morgan fingerprint density at radius 2 is 2.18 bits per heavy atom. The number of nitrogens with one attached hydrogen (secondary N) is 1. The van der Waals surface area contributed by atoms with Gasteiger partial charge in [0.15, 0.2) is 0 Å². The van der Waals surface area contributed by atoms with Crippen molar-refractivity contribution < 1.29 is 8.42 Å². The van der Waals surface area contributed by atoms with E-state index >= 15 is 0 Å². The van der Waals surface area contributed by atoms with E-state index in [9.17, 15) is 8.42 Å². The summed E-state index contributed by atoms with van der Waals surface area (Å²) in [4.78, 5) is 0. The summed E-state index contributed by atoms with van der Waals surface area (Å²) in [5.74, 6) is 0. The van der Waals surface area contributed by atoms with Crippen LogP contribution in [0.5, 0.6) is 0 Å². The summed E-state index contributed by atoms with van der Waals surface area (Å²) in [5, 5.41) is 4.89. The van der Waals surface area contributed by atoms with Crippen LogP contribution in [0.3, 0.4) is 0 Å². The molecular weight excluding hydrogens is 256 g/mol. The quantitative estimate of drug-likeness (QED) is 0.863. The van der Waals surface area contributed by atoms with Gasteiger partial charge in [0, 0.05) is 19.6 Å². The van der Waals surface area contributed by atoms with Crippen molar-refractivity contribution in [2.45, 2.75) is 37.1 Å². The molecule has 0 spiro atoms. The SMILES string of the molecule is CCC(C)N(C)S(=O)(=O)c1cc(CNC)cs1. The number of sulfonamides is 1. The molecule has 0 aliphatic carbocycles. The highest BCUT2D eigenvalue weighted by Gasteiger charge is 2.25. The topological polar surface area (TPSA) is 49.4 Å². The largest absolute Gasteiger partial charge is 0.316 e. The molecule has 0 aliphatic rings. The first kappa shape index (κ1) is 14.6. The van der Waals surface area contributed by atoms with E-state index in [-0.39, 0.29) is 6.04 Å². The molecule has 6 heteroatoms. The third kappa shape index (κ3) is 3.28. The second-order valence-corrected chi connectivity index (χ2v) is 7.22. The van der Waals surface area contributed by atoms with Crippen LogP contribution in [0.4, 0.5) is 0 Å². The van der Waals surface area contributed by atoms with Crippen LogP contribution in [-0.4, -0.2) is 32.9 Å². The molecule has 4 nitrogen and oxygen atoms in total. The molecule has 0 fully saturated rings.